The second kappa shape index (κ2) is 8.34. The first-order chi connectivity index (χ1) is 11.4. The zero-order valence-electron chi connectivity index (χ0n) is 11.0. The molecule has 25 heavy (non-hydrogen) atoms. The molecule has 0 unspecified atom stereocenters. The molecule has 136 valence electrons. The van der Waals surface area contributed by atoms with Crippen molar-refractivity contribution in [2.24, 2.45) is 0 Å². The maximum Gasteiger partial charge on any atom is 0.191 e. The molecule has 2 rings (SSSR count). The van der Waals surface area contributed by atoms with Gasteiger partial charge in [-0.2, -0.15) is 0 Å². The van der Waals surface area contributed by atoms with Crippen molar-refractivity contribution < 1.29 is 0 Å². The largest absolute Gasteiger partial charge is 0.191 e. The van der Waals surface area contributed by atoms with Crippen LogP contribution in [0.15, 0.2) is 25.7 Å². The van der Waals surface area contributed by atoms with Gasteiger partial charge in [0.2, 0.25) is 0 Å². The number of hydrogen-bond donors (Lipinski definition) is 0. The molecule has 0 spiro atoms. The van der Waals surface area contributed by atoms with E-state index in [1.165, 1.54) is 0 Å². The Morgan fingerprint density at radius 3 is 1.24 bits per heavy atom. The number of halogens is 12. The Morgan fingerprint density at radius 2 is 0.880 bits per heavy atom. The maximum absolute atomic E-state index is 6.42. The van der Waals surface area contributed by atoms with E-state index >= 15 is 0 Å². The maximum atomic E-state index is 6.42. The van der Waals surface area contributed by atoms with Gasteiger partial charge in [0.15, 0.2) is 4.33 Å². The lowest BCUT2D eigenvalue weighted by atomic mass is 10.0. The number of allylic oxidation sites excluding steroid dienone is 5. The molecule has 0 aliphatic heterocycles. The monoisotopic (exact) mass is 576 g/mol. The van der Waals surface area contributed by atoms with Gasteiger partial charge in [-0.3, -0.25) is 0 Å². The number of benzene rings is 1. The molecule has 1 aliphatic rings. The second-order valence-corrected chi connectivity index (χ2v) is 9.57. The van der Waals surface area contributed by atoms with Crippen molar-refractivity contribution in [2.75, 3.05) is 0 Å². The molecule has 1 aliphatic carbocycles. The first kappa shape index (κ1) is 23.2. The third-order valence-corrected chi connectivity index (χ3v) is 8.72. The molecule has 0 amide bonds. The standard InChI is InChI=1S/C13Cl12/c14-3(1-4(15)8(19)10(21)9(20)5(1)16)2-6(17)11(22)13(24,25)12(23)7(2)18. The minimum absolute atomic E-state index is 0.00446. The van der Waals surface area contributed by atoms with Crippen LogP contribution in [0.5, 0.6) is 0 Å². The molecule has 0 N–H and O–H groups in total. The van der Waals surface area contributed by atoms with Gasteiger partial charge in [-0.25, -0.2) is 0 Å². The number of hydrogen-bond acceptors (Lipinski definition) is 0. The Kier molecular flexibility index (Phi) is 7.74. The van der Waals surface area contributed by atoms with Gasteiger partial charge in [0.25, 0.3) is 0 Å². The van der Waals surface area contributed by atoms with Crippen LogP contribution in [-0.2, 0) is 0 Å². The first-order valence-corrected chi connectivity index (χ1v) is 10.3. The fourth-order valence-corrected chi connectivity index (χ4v) is 5.41. The van der Waals surface area contributed by atoms with Crippen molar-refractivity contribution in [3.63, 3.8) is 0 Å². The molecule has 0 atom stereocenters. The Labute approximate surface area is 203 Å². The highest BCUT2D eigenvalue weighted by atomic mass is 35.5. The van der Waals surface area contributed by atoms with Crippen LogP contribution in [0, 0.1) is 0 Å². The van der Waals surface area contributed by atoms with Crippen LogP contribution in [0.1, 0.15) is 5.56 Å². The van der Waals surface area contributed by atoms with Crippen LogP contribution in [0.3, 0.4) is 0 Å². The summed E-state index contributed by atoms with van der Waals surface area (Å²) in [5.41, 5.74) is 0.0245. The number of rotatable bonds is 1. The average Bonchev–Trinajstić information content (AvgIpc) is 2.55. The van der Waals surface area contributed by atoms with Crippen LogP contribution in [-0.4, -0.2) is 4.33 Å². The van der Waals surface area contributed by atoms with Gasteiger partial charge in [0.05, 0.1) is 50.3 Å². The smallest absolute Gasteiger partial charge is 0.0888 e. The van der Waals surface area contributed by atoms with Gasteiger partial charge in [-0.05, 0) is 0 Å². The highest BCUT2D eigenvalue weighted by Crippen LogP contribution is 2.56. The van der Waals surface area contributed by atoms with Gasteiger partial charge in [0, 0.05) is 11.1 Å². The third-order valence-electron chi connectivity index (χ3n) is 3.02. The molecule has 0 heterocycles. The Hall–Kier alpha value is 1.92. The van der Waals surface area contributed by atoms with Crippen LogP contribution in [0.25, 0.3) is 5.03 Å². The lowest BCUT2D eigenvalue weighted by Crippen LogP contribution is -2.20. The van der Waals surface area contributed by atoms with Crippen LogP contribution in [0.2, 0.25) is 25.1 Å². The molecule has 0 aromatic heterocycles. The quantitative estimate of drug-likeness (QED) is 0.176. The van der Waals surface area contributed by atoms with E-state index in [0.29, 0.717) is 0 Å². The molecule has 0 radical (unpaired) electrons. The SMILES string of the molecule is ClC1=C(Cl)C(Cl)(Cl)C(Cl)=C(Cl)C1=C(Cl)c1c(Cl)c(Cl)c(Cl)c(Cl)c1Cl. The predicted molar refractivity (Wildman–Crippen MR) is 116 cm³/mol. The zero-order valence-corrected chi connectivity index (χ0v) is 20.1. The van der Waals surface area contributed by atoms with Crippen molar-refractivity contribution in [3.05, 3.63) is 56.4 Å². The van der Waals surface area contributed by atoms with E-state index < -0.39 is 4.33 Å². The summed E-state index contributed by atoms with van der Waals surface area (Å²) < 4.78 is -1.83. The van der Waals surface area contributed by atoms with E-state index in [1.54, 1.807) is 0 Å². The van der Waals surface area contributed by atoms with Gasteiger partial charge in [-0.15, -0.1) is 0 Å². The fourth-order valence-electron chi connectivity index (χ4n) is 1.80. The average molecular weight is 582 g/mol. The summed E-state index contributed by atoms with van der Waals surface area (Å²) in [6.07, 6.45) is 0. The zero-order chi connectivity index (χ0) is 19.4. The summed E-state index contributed by atoms with van der Waals surface area (Å²) in [5.74, 6) is 0. The Morgan fingerprint density at radius 1 is 0.560 bits per heavy atom. The number of alkyl halides is 2. The van der Waals surface area contributed by atoms with E-state index in [9.17, 15) is 0 Å². The molecular formula is C13Cl12. The van der Waals surface area contributed by atoms with E-state index in [2.05, 4.69) is 0 Å². The van der Waals surface area contributed by atoms with E-state index in [4.69, 9.17) is 139 Å². The third kappa shape index (κ3) is 3.87. The normalized spacial score (nSPS) is 17.5. The summed E-state index contributed by atoms with van der Waals surface area (Å²) in [5, 5.41) is -1.18. The summed E-state index contributed by atoms with van der Waals surface area (Å²) in [6.45, 7) is 0. The molecular weight excluding hydrogens is 582 g/mol. The summed E-state index contributed by atoms with van der Waals surface area (Å²) in [4.78, 5) is 0. The second-order valence-electron chi connectivity index (χ2n) is 4.46. The van der Waals surface area contributed by atoms with Crippen molar-refractivity contribution in [3.8, 4) is 0 Å². The molecule has 0 bridgehead atoms. The topological polar surface area (TPSA) is 0 Å². The van der Waals surface area contributed by atoms with Crippen molar-refractivity contribution in [1.82, 2.24) is 0 Å². The summed E-state index contributed by atoms with van der Waals surface area (Å²) in [7, 11) is 0. The van der Waals surface area contributed by atoms with E-state index in [-0.39, 0.29) is 61.4 Å². The van der Waals surface area contributed by atoms with Crippen LogP contribution >= 0.6 is 139 Å². The van der Waals surface area contributed by atoms with Crippen LogP contribution < -0.4 is 0 Å². The van der Waals surface area contributed by atoms with Gasteiger partial charge in [-0.1, -0.05) is 139 Å². The molecule has 1 aromatic rings. The van der Waals surface area contributed by atoms with Crippen molar-refractivity contribution in [2.45, 2.75) is 4.33 Å². The van der Waals surface area contributed by atoms with E-state index in [0.717, 1.165) is 0 Å². The first-order valence-electron chi connectivity index (χ1n) is 5.77. The highest BCUT2D eigenvalue weighted by Gasteiger charge is 2.43. The predicted octanol–water partition coefficient (Wildman–Crippen LogP) is 10.5. The minimum atomic E-state index is -1.83. The molecule has 0 nitrogen and oxygen atoms in total. The molecule has 0 fully saturated rings. The molecule has 0 saturated heterocycles. The molecule has 0 saturated carbocycles. The van der Waals surface area contributed by atoms with Crippen LogP contribution in [0.4, 0.5) is 0 Å². The Bertz CT molecular complexity index is 814. The van der Waals surface area contributed by atoms with Gasteiger partial charge >= 0.3 is 0 Å². The fraction of sp³-hybridized carbons (Fsp3) is 0.0769. The van der Waals surface area contributed by atoms with Gasteiger partial charge < -0.3 is 0 Å². The van der Waals surface area contributed by atoms with Crippen molar-refractivity contribution in [1.29, 1.82) is 0 Å². The lowest BCUT2D eigenvalue weighted by molar-refractivity contribution is 1.15. The summed E-state index contributed by atoms with van der Waals surface area (Å²) in [6, 6.07) is 0. The molecule has 1 aromatic carbocycles. The minimum Gasteiger partial charge on any atom is -0.0888 e. The van der Waals surface area contributed by atoms with Crippen molar-refractivity contribution >= 4 is 144 Å². The van der Waals surface area contributed by atoms with E-state index in [1.807, 2.05) is 0 Å². The highest BCUT2D eigenvalue weighted by molar-refractivity contribution is 6.67. The lowest BCUT2D eigenvalue weighted by Gasteiger charge is -2.27. The Balaban J connectivity index is 2.94. The molecule has 12 heteroatoms. The van der Waals surface area contributed by atoms with Gasteiger partial charge in [0.1, 0.15) is 0 Å². The summed E-state index contributed by atoms with van der Waals surface area (Å²) >= 11 is 73.6.